The maximum Gasteiger partial charge on any atom is 0.257 e. The summed E-state index contributed by atoms with van der Waals surface area (Å²) < 4.78 is 27.2. The fraction of sp³-hybridized carbons (Fsp3) is 0.750. The number of piperidine rings is 1. The summed E-state index contributed by atoms with van der Waals surface area (Å²) in [4.78, 5) is 9.13. The number of aromatic nitrogens is 2. The SMILES string of the molecule is CCc1ncc(S(=O)(=O)NC2CCN(CCN)CC2)[nH]1. The lowest BCUT2D eigenvalue weighted by atomic mass is 10.1. The first kappa shape index (κ1) is 15.4. The number of aromatic amines is 1. The van der Waals surface area contributed by atoms with Gasteiger partial charge in [0.2, 0.25) is 0 Å². The van der Waals surface area contributed by atoms with Crippen LogP contribution in [0.2, 0.25) is 0 Å². The minimum absolute atomic E-state index is 0.0117. The molecule has 0 unspecified atom stereocenters. The highest BCUT2D eigenvalue weighted by Gasteiger charge is 2.25. The molecule has 7 nitrogen and oxygen atoms in total. The predicted octanol–water partition coefficient (Wildman–Crippen LogP) is -0.326. The summed E-state index contributed by atoms with van der Waals surface area (Å²) in [7, 11) is -3.49. The lowest BCUT2D eigenvalue weighted by Gasteiger charge is -2.31. The van der Waals surface area contributed by atoms with Gasteiger partial charge in [0, 0.05) is 25.6 Å². The number of nitrogens with two attached hydrogens (primary N) is 1. The third kappa shape index (κ3) is 3.78. The van der Waals surface area contributed by atoms with Crippen molar-refractivity contribution >= 4 is 10.0 Å². The van der Waals surface area contributed by atoms with Crippen LogP contribution in [0.25, 0.3) is 0 Å². The minimum atomic E-state index is -3.49. The van der Waals surface area contributed by atoms with E-state index in [0.29, 0.717) is 18.8 Å². The highest BCUT2D eigenvalue weighted by atomic mass is 32.2. The molecule has 0 spiro atoms. The average Bonchev–Trinajstić information content (AvgIpc) is 2.91. The molecule has 114 valence electrons. The van der Waals surface area contributed by atoms with Crippen molar-refractivity contribution in [3.05, 3.63) is 12.0 Å². The standard InChI is InChI=1S/C12H23N5O2S/c1-2-11-14-9-12(15-11)20(18,19)16-10-3-6-17(7-4-10)8-5-13/h9-10,16H,2-8,13H2,1H3,(H,14,15). The molecular weight excluding hydrogens is 278 g/mol. The molecule has 0 atom stereocenters. The smallest absolute Gasteiger partial charge is 0.257 e. The number of nitrogens with one attached hydrogen (secondary N) is 2. The summed E-state index contributed by atoms with van der Waals surface area (Å²) in [5.74, 6) is 0.683. The Morgan fingerprint density at radius 2 is 2.20 bits per heavy atom. The Hall–Kier alpha value is -0.960. The molecule has 1 saturated heterocycles. The number of nitrogens with zero attached hydrogens (tertiary/aromatic N) is 2. The van der Waals surface area contributed by atoms with Gasteiger partial charge in [-0.1, -0.05) is 6.92 Å². The molecule has 2 rings (SSSR count). The second-order valence-corrected chi connectivity index (χ2v) is 6.76. The van der Waals surface area contributed by atoms with Gasteiger partial charge >= 0.3 is 0 Å². The van der Waals surface area contributed by atoms with Crippen molar-refractivity contribution < 1.29 is 8.42 Å². The van der Waals surface area contributed by atoms with Crippen molar-refractivity contribution in [1.82, 2.24) is 19.6 Å². The number of hydrogen-bond acceptors (Lipinski definition) is 5. The van der Waals surface area contributed by atoms with Gasteiger partial charge < -0.3 is 15.6 Å². The first-order valence-electron chi connectivity index (χ1n) is 7.03. The van der Waals surface area contributed by atoms with Gasteiger partial charge in [-0.15, -0.1) is 0 Å². The van der Waals surface area contributed by atoms with Crippen LogP contribution >= 0.6 is 0 Å². The van der Waals surface area contributed by atoms with E-state index in [1.807, 2.05) is 6.92 Å². The molecule has 0 radical (unpaired) electrons. The van der Waals surface area contributed by atoms with Gasteiger partial charge in [-0.2, -0.15) is 0 Å². The average molecular weight is 301 g/mol. The number of likely N-dealkylation sites (tertiary alicyclic amines) is 1. The van der Waals surface area contributed by atoms with Crippen LogP contribution in [0.1, 0.15) is 25.6 Å². The Labute approximate surface area is 120 Å². The third-order valence-electron chi connectivity index (χ3n) is 3.58. The molecule has 20 heavy (non-hydrogen) atoms. The summed E-state index contributed by atoms with van der Waals surface area (Å²) in [5, 5.41) is 0.152. The van der Waals surface area contributed by atoms with E-state index < -0.39 is 10.0 Å². The van der Waals surface area contributed by atoms with E-state index in [1.54, 1.807) is 0 Å². The highest BCUT2D eigenvalue weighted by molar-refractivity contribution is 7.89. The number of sulfonamides is 1. The van der Waals surface area contributed by atoms with E-state index in [1.165, 1.54) is 6.20 Å². The Bertz CT molecular complexity index is 520. The number of hydrogen-bond donors (Lipinski definition) is 3. The zero-order chi connectivity index (χ0) is 14.6. The molecule has 2 heterocycles. The zero-order valence-electron chi connectivity index (χ0n) is 11.8. The molecule has 1 aromatic rings. The largest absolute Gasteiger partial charge is 0.332 e. The Kier molecular flexibility index (Phi) is 5.14. The van der Waals surface area contributed by atoms with Crippen molar-refractivity contribution in [2.24, 2.45) is 5.73 Å². The van der Waals surface area contributed by atoms with E-state index in [-0.39, 0.29) is 11.1 Å². The summed E-state index contributed by atoms with van der Waals surface area (Å²) >= 11 is 0. The second kappa shape index (κ2) is 6.66. The Morgan fingerprint density at radius 3 is 2.75 bits per heavy atom. The summed E-state index contributed by atoms with van der Waals surface area (Å²) in [6.45, 7) is 5.21. The molecule has 0 saturated carbocycles. The quantitative estimate of drug-likeness (QED) is 0.667. The summed E-state index contributed by atoms with van der Waals surface area (Å²) in [6, 6.07) is -0.0117. The number of aryl methyl sites for hydroxylation is 1. The Balaban J connectivity index is 1.92. The second-order valence-electron chi connectivity index (χ2n) is 5.07. The molecule has 1 aromatic heterocycles. The van der Waals surface area contributed by atoms with Gasteiger partial charge in [-0.25, -0.2) is 18.1 Å². The van der Waals surface area contributed by atoms with Crippen LogP contribution in [0.5, 0.6) is 0 Å². The summed E-state index contributed by atoms with van der Waals surface area (Å²) in [5.41, 5.74) is 5.52. The fourth-order valence-electron chi connectivity index (χ4n) is 2.40. The monoisotopic (exact) mass is 301 g/mol. The lowest BCUT2D eigenvalue weighted by molar-refractivity contribution is 0.212. The highest BCUT2D eigenvalue weighted by Crippen LogP contribution is 2.13. The predicted molar refractivity (Wildman–Crippen MR) is 76.8 cm³/mol. The number of H-pyrrole nitrogens is 1. The van der Waals surface area contributed by atoms with Crippen molar-refractivity contribution in [3.8, 4) is 0 Å². The van der Waals surface area contributed by atoms with Crippen LogP contribution in [0.4, 0.5) is 0 Å². The molecular formula is C12H23N5O2S. The maximum absolute atomic E-state index is 12.2. The van der Waals surface area contributed by atoms with Gasteiger partial charge in [0.15, 0.2) is 5.03 Å². The zero-order valence-corrected chi connectivity index (χ0v) is 12.6. The Morgan fingerprint density at radius 1 is 1.50 bits per heavy atom. The van der Waals surface area contributed by atoms with Crippen LogP contribution in [-0.2, 0) is 16.4 Å². The van der Waals surface area contributed by atoms with Crippen LogP contribution in [-0.4, -0.2) is 55.5 Å². The van der Waals surface area contributed by atoms with E-state index in [4.69, 9.17) is 5.73 Å². The van der Waals surface area contributed by atoms with Crippen LogP contribution in [0.3, 0.4) is 0 Å². The molecule has 0 aromatic carbocycles. The van der Waals surface area contributed by atoms with Crippen LogP contribution < -0.4 is 10.5 Å². The topological polar surface area (TPSA) is 104 Å². The summed E-state index contributed by atoms with van der Waals surface area (Å²) in [6.07, 6.45) is 3.69. The van der Waals surface area contributed by atoms with Crippen molar-refractivity contribution in [2.75, 3.05) is 26.2 Å². The molecule has 0 bridgehead atoms. The normalized spacial score (nSPS) is 18.5. The molecule has 4 N–H and O–H groups in total. The van der Waals surface area contributed by atoms with Crippen molar-refractivity contribution in [3.63, 3.8) is 0 Å². The number of imidazole rings is 1. The van der Waals surface area contributed by atoms with Gasteiger partial charge in [-0.3, -0.25) is 0 Å². The molecule has 1 aliphatic rings. The first-order chi connectivity index (χ1) is 9.55. The van der Waals surface area contributed by atoms with Crippen LogP contribution in [0.15, 0.2) is 11.2 Å². The van der Waals surface area contributed by atoms with E-state index in [9.17, 15) is 8.42 Å². The lowest BCUT2D eigenvalue weighted by Crippen LogP contribution is -2.45. The fourth-order valence-corrected chi connectivity index (χ4v) is 3.64. The van der Waals surface area contributed by atoms with E-state index in [2.05, 4.69) is 19.6 Å². The van der Waals surface area contributed by atoms with Crippen LogP contribution in [0, 0.1) is 0 Å². The van der Waals surface area contributed by atoms with Crippen molar-refractivity contribution in [1.29, 1.82) is 0 Å². The molecule has 8 heteroatoms. The van der Waals surface area contributed by atoms with E-state index >= 15 is 0 Å². The molecule has 1 fully saturated rings. The molecule has 1 aliphatic heterocycles. The minimum Gasteiger partial charge on any atom is -0.332 e. The first-order valence-corrected chi connectivity index (χ1v) is 8.52. The van der Waals surface area contributed by atoms with E-state index in [0.717, 1.165) is 32.5 Å². The van der Waals surface area contributed by atoms with Gasteiger partial charge in [0.1, 0.15) is 5.82 Å². The third-order valence-corrected chi connectivity index (χ3v) is 5.01. The molecule has 0 amide bonds. The van der Waals surface area contributed by atoms with Gasteiger partial charge in [-0.05, 0) is 25.9 Å². The number of rotatable bonds is 6. The van der Waals surface area contributed by atoms with Crippen molar-refractivity contribution in [2.45, 2.75) is 37.3 Å². The van der Waals surface area contributed by atoms with Gasteiger partial charge in [0.05, 0.1) is 6.20 Å². The maximum atomic E-state index is 12.2. The van der Waals surface area contributed by atoms with Gasteiger partial charge in [0.25, 0.3) is 10.0 Å². The molecule has 0 aliphatic carbocycles.